The second-order valence-electron chi connectivity index (χ2n) is 8.43. The summed E-state index contributed by atoms with van der Waals surface area (Å²) in [6.45, 7) is 9.91. The van der Waals surface area contributed by atoms with Crippen molar-refractivity contribution in [3.8, 4) is 0 Å². The topological polar surface area (TPSA) is 59.6 Å². The lowest BCUT2D eigenvalue weighted by molar-refractivity contribution is 0.0403. The molecule has 1 aromatic heterocycles. The van der Waals surface area contributed by atoms with Gasteiger partial charge < -0.3 is 15.0 Å². The minimum atomic E-state index is 0.0940. The quantitative estimate of drug-likeness (QED) is 0.852. The number of amides is 1. The van der Waals surface area contributed by atoms with Crippen LogP contribution in [0.15, 0.2) is 12.1 Å². The van der Waals surface area contributed by atoms with E-state index in [9.17, 15) is 9.90 Å². The first-order valence-electron chi connectivity index (χ1n) is 10.2. The average molecular weight is 370 g/mol. The number of aryl methyl sites for hydroxylation is 3. The minimum Gasteiger partial charge on any atom is -0.396 e. The summed E-state index contributed by atoms with van der Waals surface area (Å²) in [5.41, 5.74) is 5.23. The highest BCUT2D eigenvalue weighted by molar-refractivity contribution is 6.02. The minimum absolute atomic E-state index is 0.0940. The molecule has 1 atom stereocenters. The number of hydrogen-bond donors (Lipinski definition) is 2. The number of carbonyl (C=O) groups is 1. The molecule has 1 aliphatic heterocycles. The van der Waals surface area contributed by atoms with Crippen molar-refractivity contribution in [1.29, 1.82) is 0 Å². The Kier molecular flexibility index (Phi) is 4.99. The van der Waals surface area contributed by atoms with Gasteiger partial charge in [-0.25, -0.2) is 0 Å². The fourth-order valence-corrected chi connectivity index (χ4v) is 4.54. The number of carbonyl (C=O) groups excluding carboxylic acids is 1. The average Bonchev–Trinajstić information content (AvgIpc) is 3.40. The highest BCUT2D eigenvalue weighted by Gasteiger charge is 2.34. The molecule has 2 N–H and O–H groups in total. The van der Waals surface area contributed by atoms with E-state index in [4.69, 9.17) is 0 Å². The van der Waals surface area contributed by atoms with E-state index < -0.39 is 0 Å². The van der Waals surface area contributed by atoms with Crippen LogP contribution in [0.1, 0.15) is 46.4 Å². The Labute approximate surface area is 161 Å². The zero-order chi connectivity index (χ0) is 19.1. The maximum atomic E-state index is 13.3. The SMILES string of the molecule is Cc1ccc(C)c2c(C)c(C(=O)N3CCN(CC4CC4)[C@H](CCO)C3)[nH]c12. The molecule has 2 fully saturated rings. The molecular formula is C22H31N3O2. The number of hydrogen-bond acceptors (Lipinski definition) is 3. The smallest absolute Gasteiger partial charge is 0.270 e. The third-order valence-electron chi connectivity index (χ3n) is 6.38. The zero-order valence-electron chi connectivity index (χ0n) is 16.7. The van der Waals surface area contributed by atoms with Crippen molar-refractivity contribution < 1.29 is 9.90 Å². The summed E-state index contributed by atoms with van der Waals surface area (Å²) in [5.74, 6) is 0.923. The molecule has 2 heterocycles. The molecule has 5 nitrogen and oxygen atoms in total. The van der Waals surface area contributed by atoms with Crippen molar-refractivity contribution >= 4 is 16.8 Å². The van der Waals surface area contributed by atoms with Gasteiger partial charge in [-0.05, 0) is 62.6 Å². The number of nitrogens with one attached hydrogen (secondary N) is 1. The molecule has 146 valence electrons. The highest BCUT2D eigenvalue weighted by Crippen LogP contribution is 2.32. The molecule has 1 saturated carbocycles. The molecule has 0 radical (unpaired) electrons. The molecule has 0 spiro atoms. The lowest BCUT2D eigenvalue weighted by atomic mass is 10.0. The molecule has 0 bridgehead atoms. The van der Waals surface area contributed by atoms with Crippen molar-refractivity contribution in [1.82, 2.24) is 14.8 Å². The fraction of sp³-hybridized carbons (Fsp3) is 0.591. The number of benzene rings is 1. The summed E-state index contributed by atoms with van der Waals surface area (Å²) in [7, 11) is 0. The molecule has 2 aromatic rings. The fourth-order valence-electron chi connectivity index (χ4n) is 4.54. The van der Waals surface area contributed by atoms with E-state index in [0.717, 1.165) is 48.7 Å². The van der Waals surface area contributed by atoms with Crippen LogP contribution in [0.3, 0.4) is 0 Å². The number of aliphatic hydroxyl groups excluding tert-OH is 1. The van der Waals surface area contributed by atoms with E-state index in [1.165, 1.54) is 29.4 Å². The van der Waals surface area contributed by atoms with Gasteiger partial charge in [0.15, 0.2) is 0 Å². The van der Waals surface area contributed by atoms with E-state index in [2.05, 4.69) is 35.9 Å². The number of piperazine rings is 1. The first-order valence-corrected chi connectivity index (χ1v) is 10.2. The van der Waals surface area contributed by atoms with Gasteiger partial charge in [-0.1, -0.05) is 12.1 Å². The van der Waals surface area contributed by atoms with E-state index in [1.807, 2.05) is 11.8 Å². The lowest BCUT2D eigenvalue weighted by Crippen LogP contribution is -2.55. The van der Waals surface area contributed by atoms with Crippen molar-refractivity contribution in [3.05, 3.63) is 34.5 Å². The second-order valence-corrected chi connectivity index (χ2v) is 8.43. The van der Waals surface area contributed by atoms with Crippen molar-refractivity contribution in [2.45, 2.75) is 46.1 Å². The van der Waals surface area contributed by atoms with Gasteiger partial charge in [-0.2, -0.15) is 0 Å². The van der Waals surface area contributed by atoms with E-state index in [0.29, 0.717) is 6.54 Å². The van der Waals surface area contributed by atoms with Crippen LogP contribution in [-0.2, 0) is 0 Å². The molecule has 1 aromatic carbocycles. The summed E-state index contributed by atoms with van der Waals surface area (Å²) in [6.07, 6.45) is 3.40. The molecule has 1 amide bonds. The Balaban J connectivity index is 1.57. The normalized spacial score (nSPS) is 21.2. The molecule has 2 aliphatic rings. The van der Waals surface area contributed by atoms with E-state index in [1.54, 1.807) is 0 Å². The molecule has 1 aliphatic carbocycles. The van der Waals surface area contributed by atoms with Crippen LogP contribution in [0.25, 0.3) is 10.9 Å². The summed E-state index contributed by atoms with van der Waals surface area (Å²) in [6, 6.07) is 4.50. The molecule has 5 heteroatoms. The summed E-state index contributed by atoms with van der Waals surface area (Å²) in [4.78, 5) is 21.2. The third-order valence-corrected chi connectivity index (χ3v) is 6.38. The number of aromatic amines is 1. The van der Waals surface area contributed by atoms with Crippen LogP contribution < -0.4 is 0 Å². The van der Waals surface area contributed by atoms with Gasteiger partial charge in [-0.15, -0.1) is 0 Å². The number of fused-ring (bicyclic) bond motifs is 1. The Hall–Kier alpha value is -1.85. The molecule has 1 saturated heterocycles. The standard InChI is InChI=1S/C22H31N3O2/c1-14-4-5-15(2)20-19(14)16(3)21(23-20)22(27)25-10-9-24(12-17-6-7-17)18(13-25)8-11-26/h4-5,17-18,23,26H,6-13H2,1-3H3/t18-/m1/s1. The molecule has 0 unspecified atom stereocenters. The molecule has 4 rings (SSSR count). The predicted molar refractivity (Wildman–Crippen MR) is 108 cm³/mol. The Bertz CT molecular complexity index is 853. The maximum Gasteiger partial charge on any atom is 0.270 e. The molecule has 27 heavy (non-hydrogen) atoms. The monoisotopic (exact) mass is 369 g/mol. The second kappa shape index (κ2) is 7.28. The van der Waals surface area contributed by atoms with E-state index >= 15 is 0 Å². The van der Waals surface area contributed by atoms with Crippen molar-refractivity contribution in [3.63, 3.8) is 0 Å². The first kappa shape index (κ1) is 18.5. The van der Waals surface area contributed by atoms with Crippen molar-refractivity contribution in [2.75, 3.05) is 32.8 Å². The predicted octanol–water partition coefficient (Wildman–Crippen LogP) is 3.01. The zero-order valence-corrected chi connectivity index (χ0v) is 16.7. The van der Waals surface area contributed by atoms with Crippen LogP contribution in [0.4, 0.5) is 0 Å². The van der Waals surface area contributed by atoms with Gasteiger partial charge >= 0.3 is 0 Å². The number of H-pyrrole nitrogens is 1. The largest absolute Gasteiger partial charge is 0.396 e. The summed E-state index contributed by atoms with van der Waals surface area (Å²) >= 11 is 0. The number of aromatic nitrogens is 1. The van der Waals surface area contributed by atoms with Crippen LogP contribution in [0, 0.1) is 26.7 Å². The van der Waals surface area contributed by atoms with Crippen LogP contribution in [0.5, 0.6) is 0 Å². The lowest BCUT2D eigenvalue weighted by Gasteiger charge is -2.41. The highest BCUT2D eigenvalue weighted by atomic mass is 16.3. The van der Waals surface area contributed by atoms with Crippen molar-refractivity contribution in [2.24, 2.45) is 5.92 Å². The van der Waals surface area contributed by atoms with Gasteiger partial charge in [0.25, 0.3) is 5.91 Å². The molecular weight excluding hydrogens is 338 g/mol. The maximum absolute atomic E-state index is 13.3. The Morgan fingerprint density at radius 3 is 2.59 bits per heavy atom. The van der Waals surface area contributed by atoms with E-state index in [-0.39, 0.29) is 18.6 Å². The van der Waals surface area contributed by atoms with Gasteiger partial charge in [0.05, 0.1) is 0 Å². The van der Waals surface area contributed by atoms with Crippen LogP contribution >= 0.6 is 0 Å². The van der Waals surface area contributed by atoms with Gasteiger partial charge in [-0.3, -0.25) is 9.69 Å². The first-order chi connectivity index (χ1) is 13.0. The van der Waals surface area contributed by atoms with Gasteiger partial charge in [0.2, 0.25) is 0 Å². The Morgan fingerprint density at radius 1 is 1.19 bits per heavy atom. The Morgan fingerprint density at radius 2 is 1.93 bits per heavy atom. The van der Waals surface area contributed by atoms with Crippen LogP contribution in [-0.4, -0.2) is 64.6 Å². The number of nitrogens with zero attached hydrogens (tertiary/aromatic N) is 2. The number of rotatable bonds is 5. The van der Waals surface area contributed by atoms with Gasteiger partial charge in [0, 0.05) is 49.7 Å². The summed E-state index contributed by atoms with van der Waals surface area (Å²) < 4.78 is 0. The number of aliphatic hydroxyl groups is 1. The van der Waals surface area contributed by atoms with Gasteiger partial charge in [0.1, 0.15) is 5.69 Å². The third kappa shape index (κ3) is 3.50. The summed E-state index contributed by atoms with van der Waals surface area (Å²) in [5, 5.41) is 10.7. The van der Waals surface area contributed by atoms with Crippen LogP contribution in [0.2, 0.25) is 0 Å².